The highest BCUT2D eigenvalue weighted by molar-refractivity contribution is 7.08. The Kier molecular flexibility index (Phi) is 4.03. The van der Waals surface area contributed by atoms with Crippen LogP contribution in [0.15, 0.2) is 35.0 Å². The molecule has 18 heavy (non-hydrogen) atoms. The van der Waals surface area contributed by atoms with Crippen molar-refractivity contribution in [3.05, 3.63) is 36.3 Å². The summed E-state index contributed by atoms with van der Waals surface area (Å²) in [6.07, 6.45) is 0.435. The van der Waals surface area contributed by atoms with Gasteiger partial charge in [0.15, 0.2) is 0 Å². The van der Waals surface area contributed by atoms with Crippen molar-refractivity contribution in [1.29, 1.82) is 0 Å². The molecule has 0 saturated carbocycles. The van der Waals surface area contributed by atoms with Crippen LogP contribution in [-0.4, -0.2) is 18.6 Å². The Morgan fingerprint density at radius 1 is 1.44 bits per heavy atom. The number of hydrogen-bond acceptors (Lipinski definition) is 3. The van der Waals surface area contributed by atoms with Crippen molar-refractivity contribution in [3.63, 3.8) is 0 Å². The van der Waals surface area contributed by atoms with Gasteiger partial charge in [0.2, 0.25) is 0 Å². The SMILES string of the molecule is C=C(C(=O)[Si](C)(C)C(C)(C)C)C(O)c1ccco1. The van der Waals surface area contributed by atoms with Crippen LogP contribution in [0.2, 0.25) is 18.1 Å². The summed E-state index contributed by atoms with van der Waals surface area (Å²) in [6, 6.07) is 3.33. The minimum absolute atomic E-state index is 0.00102. The number of aliphatic hydroxyl groups excluding tert-OH is 1. The first-order chi connectivity index (χ1) is 8.09. The van der Waals surface area contributed by atoms with Gasteiger partial charge in [-0.3, -0.25) is 0 Å². The van der Waals surface area contributed by atoms with Gasteiger partial charge < -0.3 is 14.3 Å². The van der Waals surface area contributed by atoms with Gasteiger partial charge in [-0.05, 0) is 17.2 Å². The Morgan fingerprint density at radius 3 is 2.39 bits per heavy atom. The summed E-state index contributed by atoms with van der Waals surface area (Å²) in [5.74, 6) is 0.368. The Morgan fingerprint density at radius 2 is 2.00 bits per heavy atom. The summed E-state index contributed by atoms with van der Waals surface area (Å²) >= 11 is 0. The van der Waals surface area contributed by atoms with Crippen LogP contribution in [0, 0.1) is 0 Å². The molecular weight excluding hydrogens is 244 g/mol. The average Bonchev–Trinajstić information content (AvgIpc) is 2.77. The number of furan rings is 1. The van der Waals surface area contributed by atoms with Crippen LogP contribution in [0.3, 0.4) is 0 Å². The molecule has 100 valence electrons. The van der Waals surface area contributed by atoms with E-state index in [-0.39, 0.29) is 16.0 Å². The third kappa shape index (κ3) is 2.65. The smallest absolute Gasteiger partial charge is 0.139 e. The van der Waals surface area contributed by atoms with E-state index in [9.17, 15) is 9.90 Å². The minimum Gasteiger partial charge on any atom is -0.466 e. The highest BCUT2D eigenvalue weighted by atomic mass is 28.3. The molecule has 1 rings (SSSR count). The van der Waals surface area contributed by atoms with Crippen LogP contribution in [0.4, 0.5) is 0 Å². The molecule has 0 spiro atoms. The second-order valence-electron chi connectivity index (χ2n) is 6.15. The second-order valence-corrected chi connectivity index (χ2v) is 11.4. The Labute approximate surface area is 110 Å². The lowest BCUT2D eigenvalue weighted by Crippen LogP contribution is -2.47. The normalized spacial score (nSPS) is 14.3. The molecule has 1 unspecified atom stereocenters. The lowest BCUT2D eigenvalue weighted by Gasteiger charge is -2.36. The standard InChI is InChI=1S/C14H22O3Si/c1-10(12(15)11-8-7-9-17-11)13(16)18(5,6)14(2,3)4/h7-9,12,15H,1H2,2-6H3. The van der Waals surface area contributed by atoms with Gasteiger partial charge in [-0.25, -0.2) is 0 Å². The van der Waals surface area contributed by atoms with E-state index in [2.05, 4.69) is 27.4 Å². The molecule has 0 aliphatic carbocycles. The highest BCUT2D eigenvalue weighted by Crippen LogP contribution is 2.39. The number of carbonyl (C=O) groups is 1. The average molecular weight is 266 g/mol. The monoisotopic (exact) mass is 266 g/mol. The molecule has 0 aromatic carbocycles. The van der Waals surface area contributed by atoms with E-state index >= 15 is 0 Å². The minimum atomic E-state index is -2.19. The quantitative estimate of drug-likeness (QED) is 0.670. The van der Waals surface area contributed by atoms with E-state index in [4.69, 9.17) is 4.42 Å². The maximum absolute atomic E-state index is 12.5. The van der Waals surface area contributed by atoms with E-state index in [1.165, 1.54) is 6.26 Å². The molecule has 3 nitrogen and oxygen atoms in total. The molecule has 0 fully saturated rings. The van der Waals surface area contributed by atoms with Gasteiger partial charge in [-0.2, -0.15) is 0 Å². The molecule has 0 radical (unpaired) electrons. The zero-order chi connectivity index (χ0) is 14.1. The fourth-order valence-corrected chi connectivity index (χ4v) is 3.11. The number of hydrogen-bond donors (Lipinski definition) is 1. The molecule has 1 heterocycles. The zero-order valence-corrected chi connectivity index (χ0v) is 12.8. The van der Waals surface area contributed by atoms with Gasteiger partial charge in [0.1, 0.15) is 25.3 Å². The summed E-state index contributed by atoms with van der Waals surface area (Å²) in [4.78, 5) is 12.5. The fraction of sp³-hybridized carbons (Fsp3) is 0.500. The summed E-state index contributed by atoms with van der Waals surface area (Å²) < 4.78 is 5.12. The van der Waals surface area contributed by atoms with Crippen LogP contribution < -0.4 is 0 Å². The van der Waals surface area contributed by atoms with E-state index in [0.29, 0.717) is 5.76 Å². The third-order valence-corrected chi connectivity index (χ3v) is 9.08. The van der Waals surface area contributed by atoms with Gasteiger partial charge in [-0.15, -0.1) is 0 Å². The van der Waals surface area contributed by atoms with Gasteiger partial charge in [0.05, 0.1) is 6.26 Å². The van der Waals surface area contributed by atoms with E-state index in [1.807, 2.05) is 13.1 Å². The fourth-order valence-electron chi connectivity index (χ4n) is 1.48. The number of carbonyl (C=O) groups excluding carboxylic acids is 1. The lowest BCUT2D eigenvalue weighted by atomic mass is 10.1. The maximum atomic E-state index is 12.5. The van der Waals surface area contributed by atoms with Crippen molar-refractivity contribution >= 4 is 13.5 Å². The molecule has 1 atom stereocenters. The first-order valence-electron chi connectivity index (χ1n) is 6.04. The van der Waals surface area contributed by atoms with Crippen LogP contribution >= 0.6 is 0 Å². The molecule has 1 N–H and O–H groups in total. The largest absolute Gasteiger partial charge is 0.466 e. The molecule has 0 saturated heterocycles. The first kappa shape index (κ1) is 14.9. The predicted octanol–water partition coefficient (Wildman–Crippen LogP) is 3.49. The van der Waals surface area contributed by atoms with Crippen molar-refractivity contribution in [2.24, 2.45) is 0 Å². The molecule has 4 heteroatoms. The topological polar surface area (TPSA) is 50.4 Å². The summed E-state index contributed by atoms with van der Waals surface area (Å²) in [6.45, 7) is 14.0. The summed E-state index contributed by atoms with van der Waals surface area (Å²) in [5, 5.41) is 10.0. The predicted molar refractivity (Wildman–Crippen MR) is 75.0 cm³/mol. The third-order valence-electron chi connectivity index (χ3n) is 3.88. The van der Waals surface area contributed by atoms with Gasteiger partial charge in [0.25, 0.3) is 0 Å². The van der Waals surface area contributed by atoms with E-state index in [1.54, 1.807) is 12.1 Å². The van der Waals surface area contributed by atoms with Gasteiger partial charge in [0, 0.05) is 5.57 Å². The number of aliphatic hydroxyl groups is 1. The molecule has 1 aromatic rings. The van der Waals surface area contributed by atoms with Gasteiger partial charge in [-0.1, -0.05) is 40.4 Å². The number of rotatable bonds is 4. The molecule has 0 amide bonds. The van der Waals surface area contributed by atoms with Gasteiger partial charge >= 0.3 is 0 Å². The van der Waals surface area contributed by atoms with Crippen LogP contribution in [0.25, 0.3) is 0 Å². The zero-order valence-electron chi connectivity index (χ0n) is 11.8. The summed E-state index contributed by atoms with van der Waals surface area (Å²) in [5.41, 5.74) is 0.233. The second kappa shape index (κ2) is 4.86. The van der Waals surface area contributed by atoms with Crippen molar-refractivity contribution < 1.29 is 14.3 Å². The Bertz CT molecular complexity index is 438. The maximum Gasteiger partial charge on any atom is 0.139 e. The molecule has 0 bridgehead atoms. The van der Waals surface area contributed by atoms with Crippen molar-refractivity contribution in [2.45, 2.75) is 45.0 Å². The van der Waals surface area contributed by atoms with Crippen molar-refractivity contribution in [1.82, 2.24) is 0 Å². The molecule has 1 aromatic heterocycles. The highest BCUT2D eigenvalue weighted by Gasteiger charge is 2.44. The lowest BCUT2D eigenvalue weighted by molar-refractivity contribution is -0.110. The van der Waals surface area contributed by atoms with Crippen molar-refractivity contribution in [2.75, 3.05) is 0 Å². The molecule has 0 aliphatic heterocycles. The van der Waals surface area contributed by atoms with Crippen LogP contribution in [0.1, 0.15) is 32.6 Å². The first-order valence-corrected chi connectivity index (χ1v) is 9.04. The van der Waals surface area contributed by atoms with Crippen LogP contribution in [-0.2, 0) is 4.79 Å². The summed E-state index contributed by atoms with van der Waals surface area (Å²) in [7, 11) is -2.19. The molecule has 0 aliphatic rings. The Balaban J connectivity index is 2.95. The Hall–Kier alpha value is -1.13. The van der Waals surface area contributed by atoms with E-state index in [0.717, 1.165) is 0 Å². The van der Waals surface area contributed by atoms with E-state index < -0.39 is 14.2 Å². The molecular formula is C14H22O3Si. The van der Waals surface area contributed by atoms with Crippen molar-refractivity contribution in [3.8, 4) is 0 Å². The van der Waals surface area contributed by atoms with Crippen LogP contribution in [0.5, 0.6) is 0 Å².